The molecule has 0 radical (unpaired) electrons. The summed E-state index contributed by atoms with van der Waals surface area (Å²) in [7, 11) is 1.85. The van der Waals surface area contributed by atoms with Crippen molar-refractivity contribution in [3.05, 3.63) is 84.7 Å². The maximum atomic E-state index is 11.6. The first-order valence-electron chi connectivity index (χ1n) is 11.2. The SMILES string of the molecule is Cn1nc(-c2ccccc2)nc1COc1cccc(-c2cccc(OC3(C(=O)O)CCC3)c2)c1. The molecule has 1 aliphatic carbocycles. The molecule has 7 nitrogen and oxygen atoms in total. The summed E-state index contributed by atoms with van der Waals surface area (Å²) in [6.07, 6.45) is 1.93. The molecule has 5 rings (SSSR count). The third-order valence-corrected chi connectivity index (χ3v) is 6.12. The van der Waals surface area contributed by atoms with E-state index in [4.69, 9.17) is 9.47 Å². The minimum Gasteiger partial charge on any atom is -0.486 e. The number of carbonyl (C=O) groups is 1. The first-order valence-corrected chi connectivity index (χ1v) is 11.2. The van der Waals surface area contributed by atoms with E-state index in [-0.39, 0.29) is 6.61 Å². The summed E-state index contributed by atoms with van der Waals surface area (Å²) >= 11 is 0. The number of aliphatic carboxylic acids is 1. The van der Waals surface area contributed by atoms with Gasteiger partial charge < -0.3 is 14.6 Å². The Hall–Kier alpha value is -4.13. The van der Waals surface area contributed by atoms with Crippen LogP contribution < -0.4 is 9.47 Å². The number of nitrogens with zero attached hydrogens (tertiary/aromatic N) is 3. The number of ether oxygens (including phenoxy) is 2. The van der Waals surface area contributed by atoms with Gasteiger partial charge in [0.15, 0.2) is 11.6 Å². The van der Waals surface area contributed by atoms with Crippen molar-refractivity contribution in [2.45, 2.75) is 31.5 Å². The Morgan fingerprint density at radius 3 is 2.24 bits per heavy atom. The quantitative estimate of drug-likeness (QED) is 0.397. The van der Waals surface area contributed by atoms with Crippen LogP contribution in [-0.4, -0.2) is 31.4 Å². The Bertz CT molecular complexity index is 1310. The summed E-state index contributed by atoms with van der Waals surface area (Å²) in [5.74, 6) is 1.74. The second-order valence-corrected chi connectivity index (χ2v) is 8.44. The van der Waals surface area contributed by atoms with Crippen LogP contribution in [0.4, 0.5) is 0 Å². The zero-order valence-electron chi connectivity index (χ0n) is 18.8. The Morgan fingerprint density at radius 1 is 0.941 bits per heavy atom. The molecule has 7 heteroatoms. The zero-order chi connectivity index (χ0) is 23.5. The number of aromatic nitrogens is 3. The van der Waals surface area contributed by atoms with Crippen LogP contribution in [0.15, 0.2) is 78.9 Å². The van der Waals surface area contributed by atoms with Gasteiger partial charge >= 0.3 is 5.97 Å². The fraction of sp³-hybridized carbons (Fsp3) is 0.222. The summed E-state index contributed by atoms with van der Waals surface area (Å²) in [5.41, 5.74) is 1.73. The summed E-state index contributed by atoms with van der Waals surface area (Å²) in [5, 5.41) is 14.0. The van der Waals surface area contributed by atoms with Crippen LogP contribution in [0, 0.1) is 0 Å². The predicted octanol–water partition coefficient (Wildman–Crippen LogP) is 5.11. The molecule has 0 unspecified atom stereocenters. The topological polar surface area (TPSA) is 86.5 Å². The molecule has 0 saturated heterocycles. The van der Waals surface area contributed by atoms with Crippen LogP contribution in [0.2, 0.25) is 0 Å². The van der Waals surface area contributed by atoms with E-state index in [1.165, 1.54) is 0 Å². The highest BCUT2D eigenvalue weighted by atomic mass is 16.5. The van der Waals surface area contributed by atoms with Gasteiger partial charge in [-0.15, -0.1) is 0 Å². The Kier molecular flexibility index (Phi) is 5.76. The van der Waals surface area contributed by atoms with E-state index >= 15 is 0 Å². The van der Waals surface area contributed by atoms with E-state index in [0.29, 0.717) is 30.2 Å². The number of rotatable bonds is 8. The second kappa shape index (κ2) is 9.02. The van der Waals surface area contributed by atoms with Crippen LogP contribution in [0.3, 0.4) is 0 Å². The molecule has 0 spiro atoms. The van der Waals surface area contributed by atoms with Crippen molar-refractivity contribution in [1.29, 1.82) is 0 Å². The number of hydrogen-bond acceptors (Lipinski definition) is 5. The Balaban J connectivity index is 1.30. The maximum absolute atomic E-state index is 11.6. The molecule has 1 aromatic heterocycles. The molecular weight excluding hydrogens is 430 g/mol. The lowest BCUT2D eigenvalue weighted by Gasteiger charge is -2.37. The maximum Gasteiger partial charge on any atom is 0.348 e. The van der Waals surface area contributed by atoms with Crippen LogP contribution in [0.25, 0.3) is 22.5 Å². The predicted molar refractivity (Wildman–Crippen MR) is 127 cm³/mol. The Labute approximate surface area is 197 Å². The molecule has 1 heterocycles. The third-order valence-electron chi connectivity index (χ3n) is 6.12. The summed E-state index contributed by atoms with van der Waals surface area (Å²) in [4.78, 5) is 16.3. The van der Waals surface area contributed by atoms with Gasteiger partial charge in [-0.3, -0.25) is 0 Å². The fourth-order valence-electron chi connectivity index (χ4n) is 3.99. The molecule has 172 valence electrons. The lowest BCUT2D eigenvalue weighted by atomic mass is 9.80. The average molecular weight is 456 g/mol. The van der Waals surface area contributed by atoms with Gasteiger partial charge in [-0.1, -0.05) is 54.6 Å². The van der Waals surface area contributed by atoms with Gasteiger partial charge in [-0.2, -0.15) is 5.10 Å². The van der Waals surface area contributed by atoms with Crippen molar-refractivity contribution in [3.63, 3.8) is 0 Å². The van der Waals surface area contributed by atoms with E-state index in [1.807, 2.05) is 79.8 Å². The molecule has 3 aromatic carbocycles. The van der Waals surface area contributed by atoms with Crippen molar-refractivity contribution in [3.8, 4) is 34.0 Å². The van der Waals surface area contributed by atoms with Gasteiger partial charge in [0, 0.05) is 12.6 Å². The molecule has 34 heavy (non-hydrogen) atoms. The molecule has 1 fully saturated rings. The summed E-state index contributed by atoms with van der Waals surface area (Å²) in [6, 6.07) is 25.1. The van der Waals surface area contributed by atoms with Gasteiger partial charge in [-0.25, -0.2) is 14.5 Å². The average Bonchev–Trinajstić information content (AvgIpc) is 3.21. The standard InChI is InChI=1S/C27H25N3O4/c1-30-24(28-25(29-30)19-8-3-2-4-9-19)18-33-22-12-5-10-20(16-22)21-11-6-13-23(17-21)34-27(26(31)32)14-7-15-27/h2-6,8-13,16-17H,7,14-15,18H2,1H3,(H,31,32). The first kappa shape index (κ1) is 21.7. The van der Waals surface area contributed by atoms with Gasteiger partial charge in [-0.05, 0) is 54.7 Å². The molecule has 0 amide bonds. The third kappa shape index (κ3) is 4.37. The molecule has 1 saturated carbocycles. The van der Waals surface area contributed by atoms with Crippen molar-refractivity contribution in [2.24, 2.45) is 7.05 Å². The minimum absolute atomic E-state index is 0.282. The van der Waals surface area contributed by atoms with Gasteiger partial charge in [0.05, 0.1) is 0 Å². The van der Waals surface area contributed by atoms with Crippen molar-refractivity contribution < 1.29 is 19.4 Å². The van der Waals surface area contributed by atoms with Gasteiger partial charge in [0.25, 0.3) is 0 Å². The number of carboxylic acid groups (broad SMARTS) is 1. The lowest BCUT2D eigenvalue weighted by molar-refractivity contribution is -0.163. The molecule has 1 N–H and O–H groups in total. The van der Waals surface area contributed by atoms with Crippen molar-refractivity contribution in [1.82, 2.24) is 14.8 Å². The highest BCUT2D eigenvalue weighted by Gasteiger charge is 2.47. The molecule has 0 aliphatic heterocycles. The van der Waals surface area contributed by atoms with E-state index < -0.39 is 11.6 Å². The fourth-order valence-corrected chi connectivity index (χ4v) is 3.99. The van der Waals surface area contributed by atoms with E-state index in [2.05, 4.69) is 10.1 Å². The molecule has 0 bridgehead atoms. The van der Waals surface area contributed by atoms with Crippen LogP contribution >= 0.6 is 0 Å². The van der Waals surface area contributed by atoms with Gasteiger partial charge in [0.1, 0.15) is 18.1 Å². The number of carboxylic acids is 1. The smallest absolute Gasteiger partial charge is 0.348 e. The molecule has 1 aliphatic rings. The summed E-state index contributed by atoms with van der Waals surface area (Å²) < 4.78 is 13.6. The second-order valence-electron chi connectivity index (χ2n) is 8.44. The number of hydrogen-bond donors (Lipinski definition) is 1. The largest absolute Gasteiger partial charge is 0.486 e. The van der Waals surface area contributed by atoms with Crippen LogP contribution in [0.1, 0.15) is 25.1 Å². The Morgan fingerprint density at radius 2 is 1.59 bits per heavy atom. The monoisotopic (exact) mass is 455 g/mol. The lowest BCUT2D eigenvalue weighted by Crippen LogP contribution is -2.50. The van der Waals surface area contributed by atoms with E-state index in [1.54, 1.807) is 10.7 Å². The molecule has 4 aromatic rings. The number of aryl methyl sites for hydroxylation is 1. The van der Waals surface area contributed by atoms with Gasteiger partial charge in [0.2, 0.25) is 5.60 Å². The highest BCUT2D eigenvalue weighted by Crippen LogP contribution is 2.38. The number of benzene rings is 3. The van der Waals surface area contributed by atoms with Crippen molar-refractivity contribution in [2.75, 3.05) is 0 Å². The highest BCUT2D eigenvalue weighted by molar-refractivity contribution is 5.79. The van der Waals surface area contributed by atoms with E-state index in [0.717, 1.165) is 28.9 Å². The normalized spacial score (nSPS) is 14.3. The van der Waals surface area contributed by atoms with E-state index in [9.17, 15) is 9.90 Å². The van der Waals surface area contributed by atoms with Crippen molar-refractivity contribution >= 4 is 5.97 Å². The zero-order valence-corrected chi connectivity index (χ0v) is 18.8. The van der Waals surface area contributed by atoms with Crippen LogP contribution in [-0.2, 0) is 18.4 Å². The first-order chi connectivity index (χ1) is 16.5. The summed E-state index contributed by atoms with van der Waals surface area (Å²) in [6.45, 7) is 0.282. The van der Waals surface area contributed by atoms with Crippen LogP contribution in [0.5, 0.6) is 11.5 Å². The molecule has 0 atom stereocenters. The molecular formula is C27H25N3O4. The minimum atomic E-state index is -1.10.